The van der Waals surface area contributed by atoms with Gasteiger partial charge in [-0.1, -0.05) is 23.7 Å². The Labute approximate surface area is 117 Å². The molecule has 0 atom stereocenters. The van der Waals surface area contributed by atoms with Crippen LogP contribution in [0.2, 0.25) is 5.02 Å². The fourth-order valence-corrected chi connectivity index (χ4v) is 1.74. The highest BCUT2D eigenvalue weighted by molar-refractivity contribution is 6.33. The Balaban J connectivity index is 2.72. The molecule has 19 heavy (non-hydrogen) atoms. The van der Waals surface area contributed by atoms with Crippen LogP contribution in [0.4, 0.5) is 10.5 Å². The zero-order valence-corrected chi connectivity index (χ0v) is 11.6. The van der Waals surface area contributed by atoms with E-state index in [1.54, 1.807) is 24.3 Å². The first-order valence-corrected chi connectivity index (χ1v) is 6.33. The highest BCUT2D eigenvalue weighted by Crippen LogP contribution is 2.21. The van der Waals surface area contributed by atoms with E-state index in [1.807, 2.05) is 13.8 Å². The van der Waals surface area contributed by atoms with Gasteiger partial charge in [-0.3, -0.25) is 4.79 Å². The van der Waals surface area contributed by atoms with Gasteiger partial charge in [0.25, 0.3) is 0 Å². The van der Waals surface area contributed by atoms with Crippen LogP contribution in [0, 0.1) is 0 Å². The molecule has 0 saturated heterocycles. The molecule has 5 nitrogen and oxygen atoms in total. The second-order valence-corrected chi connectivity index (χ2v) is 4.75. The Morgan fingerprint density at radius 3 is 2.53 bits per heavy atom. The minimum Gasteiger partial charge on any atom is -0.481 e. The van der Waals surface area contributed by atoms with Crippen molar-refractivity contribution in [3.05, 3.63) is 29.3 Å². The molecule has 0 aliphatic heterocycles. The third-order valence-electron chi connectivity index (χ3n) is 2.57. The van der Waals surface area contributed by atoms with Crippen molar-refractivity contribution in [1.29, 1.82) is 0 Å². The zero-order chi connectivity index (χ0) is 14.4. The summed E-state index contributed by atoms with van der Waals surface area (Å²) in [6.07, 6.45) is -0.0892. The lowest BCUT2D eigenvalue weighted by Crippen LogP contribution is -2.41. The number of urea groups is 1. The second kappa shape index (κ2) is 6.99. The molecule has 2 amide bonds. The number of benzene rings is 1. The maximum atomic E-state index is 12.1. The molecule has 6 heteroatoms. The van der Waals surface area contributed by atoms with Gasteiger partial charge in [0.1, 0.15) is 0 Å². The van der Waals surface area contributed by atoms with Gasteiger partial charge in [-0.15, -0.1) is 0 Å². The van der Waals surface area contributed by atoms with Gasteiger partial charge in [0.2, 0.25) is 0 Å². The Morgan fingerprint density at radius 1 is 1.37 bits per heavy atom. The summed E-state index contributed by atoms with van der Waals surface area (Å²) in [6, 6.07) is 6.44. The molecule has 0 saturated carbocycles. The summed E-state index contributed by atoms with van der Waals surface area (Å²) in [4.78, 5) is 24.1. The molecule has 1 rings (SSSR count). The molecule has 0 radical (unpaired) electrons. The lowest BCUT2D eigenvalue weighted by atomic mass is 10.3. The predicted molar refractivity (Wildman–Crippen MR) is 74.6 cm³/mol. The van der Waals surface area contributed by atoms with Crippen LogP contribution >= 0.6 is 11.6 Å². The first-order chi connectivity index (χ1) is 8.91. The van der Waals surface area contributed by atoms with Gasteiger partial charge in [0.05, 0.1) is 17.1 Å². The van der Waals surface area contributed by atoms with E-state index in [-0.39, 0.29) is 25.0 Å². The van der Waals surface area contributed by atoms with Gasteiger partial charge >= 0.3 is 12.0 Å². The Kier molecular flexibility index (Phi) is 5.63. The zero-order valence-electron chi connectivity index (χ0n) is 10.9. The average molecular weight is 285 g/mol. The second-order valence-electron chi connectivity index (χ2n) is 4.34. The van der Waals surface area contributed by atoms with Crippen LogP contribution in [-0.2, 0) is 4.79 Å². The molecule has 0 heterocycles. The van der Waals surface area contributed by atoms with Crippen molar-refractivity contribution in [3.8, 4) is 0 Å². The van der Waals surface area contributed by atoms with Gasteiger partial charge in [0.15, 0.2) is 0 Å². The van der Waals surface area contributed by atoms with E-state index in [0.29, 0.717) is 10.7 Å². The van der Waals surface area contributed by atoms with E-state index < -0.39 is 5.97 Å². The van der Waals surface area contributed by atoms with Crippen LogP contribution in [0.15, 0.2) is 24.3 Å². The number of rotatable bonds is 5. The predicted octanol–water partition coefficient (Wildman–Crippen LogP) is 3.06. The number of anilines is 1. The van der Waals surface area contributed by atoms with E-state index in [2.05, 4.69) is 5.32 Å². The third-order valence-corrected chi connectivity index (χ3v) is 2.90. The van der Waals surface area contributed by atoms with Crippen LogP contribution in [0.1, 0.15) is 20.3 Å². The van der Waals surface area contributed by atoms with Crippen molar-refractivity contribution in [2.75, 3.05) is 11.9 Å². The summed E-state index contributed by atoms with van der Waals surface area (Å²) in [7, 11) is 0. The molecular weight excluding hydrogens is 268 g/mol. The van der Waals surface area contributed by atoms with E-state index in [1.165, 1.54) is 4.90 Å². The summed E-state index contributed by atoms with van der Waals surface area (Å²) in [5.74, 6) is -0.934. The first-order valence-electron chi connectivity index (χ1n) is 5.95. The molecule has 1 aromatic rings. The van der Waals surface area contributed by atoms with Crippen molar-refractivity contribution in [3.63, 3.8) is 0 Å². The quantitative estimate of drug-likeness (QED) is 0.873. The maximum absolute atomic E-state index is 12.1. The molecule has 0 aliphatic rings. The number of nitrogens with one attached hydrogen (secondary N) is 1. The molecule has 104 valence electrons. The number of halogens is 1. The number of nitrogens with zero attached hydrogens (tertiary/aromatic N) is 1. The van der Waals surface area contributed by atoms with Gasteiger partial charge in [-0.05, 0) is 26.0 Å². The largest absolute Gasteiger partial charge is 0.481 e. The van der Waals surface area contributed by atoms with Crippen LogP contribution in [0.5, 0.6) is 0 Å². The van der Waals surface area contributed by atoms with E-state index in [9.17, 15) is 9.59 Å². The van der Waals surface area contributed by atoms with Gasteiger partial charge in [-0.25, -0.2) is 4.79 Å². The van der Waals surface area contributed by atoms with Crippen LogP contribution < -0.4 is 5.32 Å². The van der Waals surface area contributed by atoms with E-state index in [4.69, 9.17) is 16.7 Å². The topological polar surface area (TPSA) is 69.6 Å². The summed E-state index contributed by atoms with van der Waals surface area (Å²) in [5, 5.41) is 11.8. The summed E-state index contributed by atoms with van der Waals surface area (Å²) < 4.78 is 0. The fourth-order valence-electron chi connectivity index (χ4n) is 1.56. The van der Waals surface area contributed by atoms with Crippen molar-refractivity contribution in [2.45, 2.75) is 26.3 Å². The van der Waals surface area contributed by atoms with Crippen LogP contribution in [-0.4, -0.2) is 34.6 Å². The van der Waals surface area contributed by atoms with Gasteiger partial charge in [0, 0.05) is 12.6 Å². The minimum atomic E-state index is -0.934. The average Bonchev–Trinajstić information content (AvgIpc) is 2.31. The fraction of sp³-hybridized carbons (Fsp3) is 0.385. The summed E-state index contributed by atoms with van der Waals surface area (Å²) >= 11 is 5.95. The third kappa shape index (κ3) is 4.79. The lowest BCUT2D eigenvalue weighted by Gasteiger charge is -2.26. The van der Waals surface area contributed by atoms with Crippen molar-refractivity contribution in [2.24, 2.45) is 0 Å². The van der Waals surface area contributed by atoms with Crippen molar-refractivity contribution in [1.82, 2.24) is 4.90 Å². The summed E-state index contributed by atoms with van der Waals surface area (Å²) in [5.41, 5.74) is 0.509. The Bertz CT molecular complexity index is 463. The number of carboxylic acid groups (broad SMARTS) is 1. The highest BCUT2D eigenvalue weighted by Gasteiger charge is 2.18. The normalized spacial score (nSPS) is 10.3. The van der Waals surface area contributed by atoms with E-state index in [0.717, 1.165) is 0 Å². The number of amides is 2. The molecule has 2 N–H and O–H groups in total. The lowest BCUT2D eigenvalue weighted by molar-refractivity contribution is -0.137. The Hall–Kier alpha value is -1.75. The van der Waals surface area contributed by atoms with Crippen molar-refractivity contribution >= 4 is 29.3 Å². The number of aliphatic carboxylic acids is 1. The number of carbonyl (C=O) groups excluding carboxylic acids is 1. The number of para-hydroxylation sites is 1. The van der Waals surface area contributed by atoms with E-state index >= 15 is 0 Å². The smallest absolute Gasteiger partial charge is 0.322 e. The van der Waals surface area contributed by atoms with Crippen LogP contribution in [0.3, 0.4) is 0 Å². The molecule has 0 aliphatic carbocycles. The summed E-state index contributed by atoms with van der Waals surface area (Å²) in [6.45, 7) is 3.81. The molecule has 0 unspecified atom stereocenters. The molecule has 0 spiro atoms. The highest BCUT2D eigenvalue weighted by atomic mass is 35.5. The SMILES string of the molecule is CC(C)N(CCC(=O)O)C(=O)Nc1ccccc1Cl. The van der Waals surface area contributed by atoms with Crippen molar-refractivity contribution < 1.29 is 14.7 Å². The van der Waals surface area contributed by atoms with Gasteiger partial charge < -0.3 is 15.3 Å². The number of carboxylic acids is 1. The molecule has 1 aromatic carbocycles. The minimum absolute atomic E-state index is 0.0892. The molecule has 0 fully saturated rings. The molecule has 0 aromatic heterocycles. The number of hydrogen-bond donors (Lipinski definition) is 2. The monoisotopic (exact) mass is 284 g/mol. The first kappa shape index (κ1) is 15.3. The Morgan fingerprint density at radius 2 is 2.00 bits per heavy atom. The number of carbonyl (C=O) groups is 2. The molecule has 0 bridgehead atoms. The van der Waals surface area contributed by atoms with Gasteiger partial charge in [-0.2, -0.15) is 0 Å². The maximum Gasteiger partial charge on any atom is 0.322 e. The van der Waals surface area contributed by atoms with Crippen LogP contribution in [0.25, 0.3) is 0 Å². The molecular formula is C13H17ClN2O3. The standard InChI is InChI=1S/C13H17ClN2O3/c1-9(2)16(8-7-12(17)18)13(19)15-11-6-4-3-5-10(11)14/h3-6,9H,7-8H2,1-2H3,(H,15,19)(H,17,18). The number of hydrogen-bond acceptors (Lipinski definition) is 2.